The second kappa shape index (κ2) is 6.91. The zero-order chi connectivity index (χ0) is 16.2. The lowest BCUT2D eigenvalue weighted by Crippen LogP contribution is -2.04. The van der Waals surface area contributed by atoms with Gasteiger partial charge in [0.05, 0.1) is 11.8 Å². The maximum Gasteiger partial charge on any atom is 0.237 e. The second-order valence-electron chi connectivity index (χ2n) is 5.35. The maximum atomic E-state index is 5.31. The number of benzene rings is 1. The summed E-state index contributed by atoms with van der Waals surface area (Å²) >= 11 is 1.48. The van der Waals surface area contributed by atoms with Crippen molar-refractivity contribution in [2.45, 2.75) is 44.1 Å². The second-order valence-corrected chi connectivity index (χ2v) is 6.29. The molecular weight excluding hydrogens is 312 g/mol. The van der Waals surface area contributed by atoms with E-state index < -0.39 is 0 Å². The van der Waals surface area contributed by atoms with Crippen LogP contribution < -0.4 is 0 Å². The summed E-state index contributed by atoms with van der Waals surface area (Å²) in [5.74, 6) is 1.70. The van der Waals surface area contributed by atoms with Gasteiger partial charge < -0.3 is 4.52 Å². The molecule has 0 bridgehead atoms. The predicted molar refractivity (Wildman–Crippen MR) is 86.9 cm³/mol. The van der Waals surface area contributed by atoms with E-state index in [1.165, 1.54) is 17.3 Å². The van der Waals surface area contributed by atoms with Crippen LogP contribution in [0.3, 0.4) is 0 Å². The highest BCUT2D eigenvalue weighted by Gasteiger charge is 2.13. The van der Waals surface area contributed by atoms with E-state index in [2.05, 4.69) is 44.7 Å². The smallest absolute Gasteiger partial charge is 0.237 e. The zero-order valence-electron chi connectivity index (χ0n) is 13.3. The van der Waals surface area contributed by atoms with Crippen molar-refractivity contribution in [1.82, 2.24) is 30.3 Å². The van der Waals surface area contributed by atoms with Crippen LogP contribution in [0, 0.1) is 0 Å². The molecular formula is C15H18N6OS. The normalized spacial score (nSPS) is 11.3. The first-order valence-electron chi connectivity index (χ1n) is 7.50. The van der Waals surface area contributed by atoms with Crippen LogP contribution in [0.4, 0.5) is 0 Å². The quantitative estimate of drug-likeness (QED) is 0.642. The SMILES string of the molecule is CCc1ccc(-c2noc(CSc3nnnn3C(C)C)n2)cc1. The largest absolute Gasteiger partial charge is 0.338 e. The van der Waals surface area contributed by atoms with E-state index >= 15 is 0 Å². The fraction of sp³-hybridized carbons (Fsp3) is 0.400. The summed E-state index contributed by atoms with van der Waals surface area (Å²) in [4.78, 5) is 4.43. The van der Waals surface area contributed by atoms with Gasteiger partial charge in [-0.15, -0.1) is 5.10 Å². The molecule has 7 nitrogen and oxygen atoms in total. The van der Waals surface area contributed by atoms with Crippen LogP contribution in [0.1, 0.15) is 38.3 Å². The summed E-state index contributed by atoms with van der Waals surface area (Å²) in [6.07, 6.45) is 1.01. The van der Waals surface area contributed by atoms with Crippen molar-refractivity contribution >= 4 is 11.8 Å². The van der Waals surface area contributed by atoms with Crippen LogP contribution in [-0.4, -0.2) is 30.3 Å². The molecule has 3 aromatic rings. The molecule has 0 amide bonds. The summed E-state index contributed by atoms with van der Waals surface area (Å²) in [5, 5.41) is 16.5. The first-order chi connectivity index (χ1) is 11.2. The van der Waals surface area contributed by atoms with Crippen molar-refractivity contribution in [1.29, 1.82) is 0 Å². The highest BCUT2D eigenvalue weighted by Crippen LogP contribution is 2.23. The van der Waals surface area contributed by atoms with Gasteiger partial charge in [-0.05, 0) is 36.3 Å². The lowest BCUT2D eigenvalue weighted by atomic mass is 10.1. The standard InChI is InChI=1S/C15H18N6OS/c1-4-11-5-7-12(8-6-11)14-16-13(22-18-14)9-23-15-17-19-20-21(15)10(2)3/h5-8,10H,4,9H2,1-3H3. The monoisotopic (exact) mass is 330 g/mol. The first kappa shape index (κ1) is 15.7. The van der Waals surface area contributed by atoms with Gasteiger partial charge in [-0.3, -0.25) is 0 Å². The van der Waals surface area contributed by atoms with Gasteiger partial charge in [-0.2, -0.15) is 4.98 Å². The average molecular weight is 330 g/mol. The lowest BCUT2D eigenvalue weighted by molar-refractivity contribution is 0.391. The minimum Gasteiger partial charge on any atom is -0.338 e. The molecule has 2 heterocycles. The molecule has 0 fully saturated rings. The molecule has 0 radical (unpaired) electrons. The van der Waals surface area contributed by atoms with E-state index in [0.29, 0.717) is 17.5 Å². The number of thioether (sulfide) groups is 1. The van der Waals surface area contributed by atoms with Gasteiger partial charge in [-0.25, -0.2) is 4.68 Å². The molecule has 2 aromatic heterocycles. The van der Waals surface area contributed by atoms with Crippen LogP contribution in [0.15, 0.2) is 33.9 Å². The van der Waals surface area contributed by atoms with Gasteiger partial charge in [0.1, 0.15) is 0 Å². The third-order valence-electron chi connectivity index (χ3n) is 3.36. The summed E-state index contributed by atoms with van der Waals surface area (Å²) < 4.78 is 7.08. The molecule has 8 heteroatoms. The maximum absolute atomic E-state index is 5.31. The van der Waals surface area contributed by atoms with Crippen LogP contribution >= 0.6 is 11.8 Å². The highest BCUT2D eigenvalue weighted by atomic mass is 32.2. The Morgan fingerprint density at radius 1 is 1.22 bits per heavy atom. The molecule has 0 saturated carbocycles. The molecule has 0 aliphatic rings. The Morgan fingerprint density at radius 2 is 2.00 bits per heavy atom. The first-order valence-corrected chi connectivity index (χ1v) is 8.48. The van der Waals surface area contributed by atoms with Crippen molar-refractivity contribution < 1.29 is 4.52 Å². The summed E-state index contributed by atoms with van der Waals surface area (Å²) in [5.41, 5.74) is 2.24. The molecule has 23 heavy (non-hydrogen) atoms. The van der Waals surface area contributed by atoms with E-state index in [0.717, 1.165) is 17.1 Å². The van der Waals surface area contributed by atoms with Gasteiger partial charge >= 0.3 is 0 Å². The Kier molecular flexibility index (Phi) is 4.71. The number of aryl methyl sites for hydroxylation is 1. The summed E-state index contributed by atoms with van der Waals surface area (Å²) in [6, 6.07) is 8.40. The molecule has 1 aromatic carbocycles. The molecule has 0 saturated heterocycles. The van der Waals surface area contributed by atoms with Gasteiger partial charge in [0.2, 0.25) is 16.9 Å². The van der Waals surface area contributed by atoms with Gasteiger partial charge in [0.15, 0.2) is 0 Å². The third kappa shape index (κ3) is 3.58. The van der Waals surface area contributed by atoms with E-state index in [1.54, 1.807) is 4.68 Å². The number of tetrazole rings is 1. The molecule has 3 rings (SSSR count). The van der Waals surface area contributed by atoms with Crippen LogP contribution in [0.5, 0.6) is 0 Å². The molecule has 0 aliphatic carbocycles. The lowest BCUT2D eigenvalue weighted by Gasteiger charge is -2.05. The van der Waals surface area contributed by atoms with Crippen molar-refractivity contribution in [2.75, 3.05) is 0 Å². The number of rotatable bonds is 6. The van der Waals surface area contributed by atoms with Crippen molar-refractivity contribution in [3.63, 3.8) is 0 Å². The molecule has 0 atom stereocenters. The number of hydrogen-bond donors (Lipinski definition) is 0. The minimum atomic E-state index is 0.211. The van der Waals surface area contributed by atoms with E-state index in [9.17, 15) is 0 Å². The highest BCUT2D eigenvalue weighted by molar-refractivity contribution is 7.98. The number of hydrogen-bond acceptors (Lipinski definition) is 7. The summed E-state index contributed by atoms with van der Waals surface area (Å²) in [6.45, 7) is 6.19. The molecule has 120 valence electrons. The van der Waals surface area contributed by atoms with E-state index in [-0.39, 0.29) is 6.04 Å². The molecule has 0 N–H and O–H groups in total. The number of aromatic nitrogens is 6. The van der Waals surface area contributed by atoms with Crippen molar-refractivity contribution in [3.8, 4) is 11.4 Å². The summed E-state index contributed by atoms with van der Waals surface area (Å²) in [7, 11) is 0. The Balaban J connectivity index is 1.68. The van der Waals surface area contributed by atoms with Gasteiger partial charge in [0.25, 0.3) is 0 Å². The topological polar surface area (TPSA) is 82.5 Å². The number of nitrogens with zero attached hydrogens (tertiary/aromatic N) is 6. The van der Waals surface area contributed by atoms with Gasteiger partial charge in [0, 0.05) is 5.56 Å². The Hall–Kier alpha value is -2.22. The van der Waals surface area contributed by atoms with Crippen molar-refractivity contribution in [2.24, 2.45) is 0 Å². The van der Waals surface area contributed by atoms with E-state index in [4.69, 9.17) is 4.52 Å². The van der Waals surface area contributed by atoms with E-state index in [1.807, 2.05) is 26.0 Å². The zero-order valence-corrected chi connectivity index (χ0v) is 14.1. The Bertz CT molecular complexity index is 764. The molecule has 0 aliphatic heterocycles. The van der Waals surface area contributed by atoms with Gasteiger partial charge in [-0.1, -0.05) is 48.1 Å². The van der Waals surface area contributed by atoms with Crippen LogP contribution in [0.2, 0.25) is 0 Å². The Labute approximate surface area is 138 Å². The van der Waals surface area contributed by atoms with Crippen LogP contribution in [0.25, 0.3) is 11.4 Å². The predicted octanol–water partition coefficient (Wildman–Crippen LogP) is 3.16. The average Bonchev–Trinajstić information content (AvgIpc) is 3.22. The van der Waals surface area contributed by atoms with Crippen molar-refractivity contribution in [3.05, 3.63) is 35.7 Å². The minimum absolute atomic E-state index is 0.211. The Morgan fingerprint density at radius 3 is 2.70 bits per heavy atom. The fourth-order valence-corrected chi connectivity index (χ4v) is 2.89. The molecule has 0 unspecified atom stereocenters. The third-order valence-corrected chi connectivity index (χ3v) is 4.28. The van der Waals surface area contributed by atoms with Crippen LogP contribution in [-0.2, 0) is 12.2 Å². The fourth-order valence-electron chi connectivity index (χ4n) is 2.05. The molecule has 0 spiro atoms.